The fourth-order valence-electron chi connectivity index (χ4n) is 1.65. The number of hydrogen-bond donors (Lipinski definition) is 0. The lowest BCUT2D eigenvalue weighted by atomic mass is 10.2. The Morgan fingerprint density at radius 2 is 2.50 bits per heavy atom. The second-order valence-corrected chi connectivity index (χ2v) is 4.09. The zero-order chi connectivity index (χ0) is 9.97. The Morgan fingerprint density at radius 1 is 1.64 bits per heavy atom. The van der Waals surface area contributed by atoms with Gasteiger partial charge in [-0.1, -0.05) is 15.9 Å². The van der Waals surface area contributed by atoms with Crippen molar-refractivity contribution in [2.75, 3.05) is 16.8 Å². The number of rotatable bonds is 2. The molecule has 1 saturated heterocycles. The summed E-state index contributed by atoms with van der Waals surface area (Å²) in [4.78, 5) is 17.4. The van der Waals surface area contributed by atoms with Crippen LogP contribution in [0, 0.1) is 5.92 Å². The van der Waals surface area contributed by atoms with Crippen LogP contribution in [0.3, 0.4) is 0 Å². The SMILES string of the molecule is O=C1CC(CBr)CN1c1cccnc1. The van der Waals surface area contributed by atoms with E-state index in [1.165, 1.54) is 0 Å². The van der Waals surface area contributed by atoms with Gasteiger partial charge in [-0.05, 0) is 18.1 Å². The smallest absolute Gasteiger partial charge is 0.227 e. The summed E-state index contributed by atoms with van der Waals surface area (Å²) in [5.41, 5.74) is 0.904. The molecule has 0 radical (unpaired) electrons. The molecule has 1 aliphatic rings. The van der Waals surface area contributed by atoms with Gasteiger partial charge in [0.1, 0.15) is 0 Å². The van der Waals surface area contributed by atoms with Crippen molar-refractivity contribution in [3.05, 3.63) is 24.5 Å². The van der Waals surface area contributed by atoms with Crippen LogP contribution in [-0.4, -0.2) is 22.8 Å². The minimum absolute atomic E-state index is 0.197. The number of amides is 1. The molecule has 0 aromatic carbocycles. The van der Waals surface area contributed by atoms with Crippen LogP contribution in [0.2, 0.25) is 0 Å². The van der Waals surface area contributed by atoms with Crippen molar-refractivity contribution in [3.8, 4) is 0 Å². The van der Waals surface area contributed by atoms with Crippen LogP contribution in [0.25, 0.3) is 0 Å². The zero-order valence-corrected chi connectivity index (χ0v) is 9.27. The minimum atomic E-state index is 0.197. The van der Waals surface area contributed by atoms with Gasteiger partial charge in [0.2, 0.25) is 5.91 Å². The standard InChI is InChI=1S/C10H11BrN2O/c11-5-8-4-10(14)13(7-8)9-2-1-3-12-6-9/h1-3,6,8H,4-5,7H2. The van der Waals surface area contributed by atoms with E-state index < -0.39 is 0 Å². The van der Waals surface area contributed by atoms with Crippen LogP contribution in [0.4, 0.5) is 5.69 Å². The minimum Gasteiger partial charge on any atom is -0.311 e. The molecule has 1 aliphatic heterocycles. The molecule has 1 aromatic heterocycles. The Balaban J connectivity index is 2.17. The number of alkyl halides is 1. The predicted molar refractivity (Wildman–Crippen MR) is 58.5 cm³/mol. The molecule has 2 heterocycles. The van der Waals surface area contributed by atoms with Crippen LogP contribution in [0.1, 0.15) is 6.42 Å². The van der Waals surface area contributed by atoms with Gasteiger partial charge < -0.3 is 4.90 Å². The van der Waals surface area contributed by atoms with Gasteiger partial charge >= 0.3 is 0 Å². The zero-order valence-electron chi connectivity index (χ0n) is 7.69. The van der Waals surface area contributed by atoms with E-state index >= 15 is 0 Å². The van der Waals surface area contributed by atoms with E-state index in [4.69, 9.17) is 0 Å². The second-order valence-electron chi connectivity index (χ2n) is 3.44. The van der Waals surface area contributed by atoms with Crippen molar-refractivity contribution in [2.24, 2.45) is 5.92 Å². The van der Waals surface area contributed by atoms with E-state index in [9.17, 15) is 4.79 Å². The van der Waals surface area contributed by atoms with Crippen molar-refractivity contribution in [2.45, 2.75) is 6.42 Å². The molecule has 4 heteroatoms. The Hall–Kier alpha value is -0.900. The molecule has 74 valence electrons. The first-order valence-corrected chi connectivity index (χ1v) is 5.70. The molecule has 1 unspecified atom stereocenters. The summed E-state index contributed by atoms with van der Waals surface area (Å²) < 4.78 is 0. The van der Waals surface area contributed by atoms with Gasteiger partial charge in [0.15, 0.2) is 0 Å². The molecular weight excluding hydrogens is 244 g/mol. The van der Waals surface area contributed by atoms with Gasteiger partial charge in [0.05, 0.1) is 11.9 Å². The highest BCUT2D eigenvalue weighted by Crippen LogP contribution is 2.24. The lowest BCUT2D eigenvalue weighted by molar-refractivity contribution is -0.117. The second kappa shape index (κ2) is 4.09. The normalized spacial score (nSPS) is 21.6. The fraction of sp³-hybridized carbons (Fsp3) is 0.400. The van der Waals surface area contributed by atoms with Crippen molar-refractivity contribution in [3.63, 3.8) is 0 Å². The number of pyridine rings is 1. The van der Waals surface area contributed by atoms with Crippen molar-refractivity contribution in [1.82, 2.24) is 4.98 Å². The average molecular weight is 255 g/mol. The van der Waals surface area contributed by atoms with E-state index in [1.54, 1.807) is 17.3 Å². The van der Waals surface area contributed by atoms with E-state index in [0.29, 0.717) is 12.3 Å². The number of carbonyl (C=O) groups excluding carboxylic acids is 1. The highest BCUT2D eigenvalue weighted by molar-refractivity contribution is 9.09. The number of hydrogen-bond acceptors (Lipinski definition) is 2. The van der Waals surface area contributed by atoms with Gasteiger partial charge in [-0.25, -0.2) is 0 Å². The van der Waals surface area contributed by atoms with Crippen LogP contribution in [0.5, 0.6) is 0 Å². The summed E-state index contributed by atoms with van der Waals surface area (Å²) in [6.07, 6.45) is 4.08. The quantitative estimate of drug-likeness (QED) is 0.755. The van der Waals surface area contributed by atoms with E-state index in [0.717, 1.165) is 17.6 Å². The molecule has 0 saturated carbocycles. The number of anilines is 1. The summed E-state index contributed by atoms with van der Waals surface area (Å²) in [6, 6.07) is 3.77. The molecule has 0 spiro atoms. The summed E-state index contributed by atoms with van der Waals surface area (Å²) >= 11 is 3.41. The van der Waals surface area contributed by atoms with Gasteiger partial charge in [-0.3, -0.25) is 9.78 Å². The van der Waals surface area contributed by atoms with Crippen molar-refractivity contribution >= 4 is 27.5 Å². The number of halogens is 1. The summed E-state index contributed by atoms with van der Waals surface area (Å²) in [5, 5.41) is 0.884. The maximum absolute atomic E-state index is 11.6. The topological polar surface area (TPSA) is 33.2 Å². The average Bonchev–Trinajstić information content (AvgIpc) is 2.61. The third-order valence-corrected chi connectivity index (χ3v) is 3.30. The molecule has 1 atom stereocenters. The molecule has 2 rings (SSSR count). The summed E-state index contributed by atoms with van der Waals surface area (Å²) in [7, 11) is 0. The molecular formula is C10H11BrN2O. The molecule has 14 heavy (non-hydrogen) atoms. The molecule has 1 fully saturated rings. The third kappa shape index (κ3) is 1.80. The molecule has 1 amide bonds. The van der Waals surface area contributed by atoms with E-state index in [-0.39, 0.29) is 5.91 Å². The van der Waals surface area contributed by atoms with E-state index in [2.05, 4.69) is 20.9 Å². The predicted octanol–water partition coefficient (Wildman–Crippen LogP) is 1.83. The van der Waals surface area contributed by atoms with Crippen LogP contribution < -0.4 is 4.90 Å². The molecule has 3 nitrogen and oxygen atoms in total. The number of aromatic nitrogens is 1. The highest BCUT2D eigenvalue weighted by atomic mass is 79.9. The lowest BCUT2D eigenvalue weighted by Gasteiger charge is -2.15. The van der Waals surface area contributed by atoms with Crippen molar-refractivity contribution < 1.29 is 4.79 Å². The summed E-state index contributed by atoms with van der Waals surface area (Å²) in [6.45, 7) is 0.801. The first kappa shape index (κ1) is 9.65. The Kier molecular flexibility index (Phi) is 2.82. The van der Waals surface area contributed by atoms with Gasteiger partial charge in [0.25, 0.3) is 0 Å². The van der Waals surface area contributed by atoms with Gasteiger partial charge in [0, 0.05) is 24.5 Å². The number of carbonyl (C=O) groups is 1. The fourth-order valence-corrected chi connectivity index (χ4v) is 2.08. The van der Waals surface area contributed by atoms with Crippen molar-refractivity contribution in [1.29, 1.82) is 0 Å². The summed E-state index contributed by atoms with van der Waals surface area (Å²) in [5.74, 6) is 0.630. The molecule has 1 aromatic rings. The third-order valence-electron chi connectivity index (χ3n) is 2.38. The van der Waals surface area contributed by atoms with Crippen LogP contribution in [0.15, 0.2) is 24.5 Å². The molecule has 0 aliphatic carbocycles. The largest absolute Gasteiger partial charge is 0.311 e. The Morgan fingerprint density at radius 3 is 3.07 bits per heavy atom. The van der Waals surface area contributed by atoms with Crippen LogP contribution in [-0.2, 0) is 4.79 Å². The first-order chi connectivity index (χ1) is 6.81. The first-order valence-electron chi connectivity index (χ1n) is 4.57. The monoisotopic (exact) mass is 254 g/mol. The Bertz CT molecular complexity index is 328. The van der Waals surface area contributed by atoms with Crippen LogP contribution >= 0.6 is 15.9 Å². The van der Waals surface area contributed by atoms with E-state index in [1.807, 2.05) is 12.1 Å². The van der Waals surface area contributed by atoms with Gasteiger partial charge in [-0.15, -0.1) is 0 Å². The molecule has 0 N–H and O–H groups in total. The number of nitrogens with zero attached hydrogens (tertiary/aromatic N) is 2. The maximum Gasteiger partial charge on any atom is 0.227 e. The Labute approximate surface area is 91.3 Å². The molecule has 0 bridgehead atoms. The highest BCUT2D eigenvalue weighted by Gasteiger charge is 2.29. The van der Waals surface area contributed by atoms with Gasteiger partial charge in [-0.2, -0.15) is 0 Å². The lowest BCUT2D eigenvalue weighted by Crippen LogP contribution is -2.24. The maximum atomic E-state index is 11.6.